The molecule has 114 valence electrons. The predicted molar refractivity (Wildman–Crippen MR) is 84.7 cm³/mol. The van der Waals surface area contributed by atoms with Crippen molar-refractivity contribution in [1.82, 2.24) is 10.2 Å². The Morgan fingerprint density at radius 1 is 1.10 bits per heavy atom. The van der Waals surface area contributed by atoms with Gasteiger partial charge < -0.3 is 4.90 Å². The topological polar surface area (TPSA) is 32.3 Å². The van der Waals surface area contributed by atoms with Crippen LogP contribution in [0.15, 0.2) is 30.3 Å². The Hall–Kier alpha value is -1.35. The second-order valence-corrected chi connectivity index (χ2v) is 7.68. The van der Waals surface area contributed by atoms with Gasteiger partial charge in [-0.1, -0.05) is 58.0 Å². The standard InChI is InChI=1S/C18H26N2O/c1-12-19-14(11-13-9-7-6-8-10-13)15(21)20(12)16-17(2,3)18(16,4)5/h6-10,12,14,16,19H,11H2,1-5H3. The van der Waals surface area contributed by atoms with Crippen LogP contribution in [0.3, 0.4) is 0 Å². The minimum absolute atomic E-state index is 0.0883. The number of nitrogens with one attached hydrogen (secondary N) is 1. The van der Waals surface area contributed by atoms with Gasteiger partial charge in [0.1, 0.15) is 0 Å². The van der Waals surface area contributed by atoms with Crippen LogP contribution in [-0.4, -0.2) is 29.1 Å². The van der Waals surface area contributed by atoms with Crippen molar-refractivity contribution in [2.24, 2.45) is 10.8 Å². The van der Waals surface area contributed by atoms with Gasteiger partial charge in [-0.25, -0.2) is 0 Å². The van der Waals surface area contributed by atoms with Gasteiger partial charge in [-0.05, 0) is 29.7 Å². The minimum Gasteiger partial charge on any atom is -0.322 e. The first-order valence-corrected chi connectivity index (χ1v) is 7.89. The average Bonchev–Trinajstić information content (AvgIpc) is 2.66. The molecule has 1 aliphatic carbocycles. The summed E-state index contributed by atoms with van der Waals surface area (Å²) in [5.74, 6) is 0.259. The van der Waals surface area contributed by atoms with Crippen LogP contribution >= 0.6 is 0 Å². The molecular weight excluding hydrogens is 260 g/mol. The quantitative estimate of drug-likeness (QED) is 0.926. The van der Waals surface area contributed by atoms with Crippen molar-refractivity contribution in [3.8, 4) is 0 Å². The third-order valence-electron chi connectivity index (χ3n) is 5.92. The molecule has 1 heterocycles. The lowest BCUT2D eigenvalue weighted by atomic mass is 10.0. The SMILES string of the molecule is CC1NC(Cc2ccccc2)C(=O)N1C1C(C)(C)C1(C)C. The molecule has 1 aromatic carbocycles. The van der Waals surface area contributed by atoms with Crippen molar-refractivity contribution in [3.05, 3.63) is 35.9 Å². The maximum Gasteiger partial charge on any atom is 0.241 e. The summed E-state index contributed by atoms with van der Waals surface area (Å²) in [5.41, 5.74) is 1.60. The Labute approximate surface area is 127 Å². The van der Waals surface area contributed by atoms with Crippen molar-refractivity contribution < 1.29 is 4.79 Å². The Balaban J connectivity index is 1.76. The lowest BCUT2D eigenvalue weighted by molar-refractivity contribution is -0.131. The normalized spacial score (nSPS) is 30.7. The predicted octanol–water partition coefficient (Wildman–Crippen LogP) is 2.81. The lowest BCUT2D eigenvalue weighted by Crippen LogP contribution is -2.39. The molecule has 0 bridgehead atoms. The number of benzene rings is 1. The van der Waals surface area contributed by atoms with Crippen LogP contribution in [0.2, 0.25) is 0 Å². The van der Waals surface area contributed by atoms with Crippen molar-refractivity contribution in [2.45, 2.75) is 59.3 Å². The average molecular weight is 286 g/mol. The van der Waals surface area contributed by atoms with Crippen molar-refractivity contribution >= 4 is 5.91 Å². The molecule has 3 rings (SSSR count). The van der Waals surface area contributed by atoms with Crippen molar-refractivity contribution in [1.29, 1.82) is 0 Å². The van der Waals surface area contributed by atoms with E-state index in [1.54, 1.807) is 0 Å². The van der Waals surface area contributed by atoms with E-state index in [1.807, 2.05) is 18.2 Å². The summed E-state index contributed by atoms with van der Waals surface area (Å²) in [6.07, 6.45) is 0.894. The molecule has 1 saturated heterocycles. The molecule has 2 atom stereocenters. The van der Waals surface area contributed by atoms with Crippen molar-refractivity contribution in [3.63, 3.8) is 0 Å². The van der Waals surface area contributed by atoms with Crippen LogP contribution in [0.25, 0.3) is 0 Å². The van der Waals surface area contributed by atoms with Gasteiger partial charge in [0.2, 0.25) is 5.91 Å². The van der Waals surface area contributed by atoms with Crippen LogP contribution in [0.5, 0.6) is 0 Å². The van der Waals surface area contributed by atoms with Gasteiger partial charge in [0.15, 0.2) is 0 Å². The summed E-state index contributed by atoms with van der Waals surface area (Å²) in [5, 5.41) is 3.48. The first-order chi connectivity index (χ1) is 9.76. The van der Waals surface area contributed by atoms with E-state index < -0.39 is 0 Å². The molecule has 1 aliphatic heterocycles. The maximum atomic E-state index is 12.8. The van der Waals surface area contributed by atoms with E-state index >= 15 is 0 Å². The highest BCUT2D eigenvalue weighted by atomic mass is 16.2. The summed E-state index contributed by atoms with van der Waals surface area (Å²) >= 11 is 0. The van der Waals surface area contributed by atoms with E-state index in [2.05, 4.69) is 57.0 Å². The number of rotatable bonds is 3. The van der Waals surface area contributed by atoms with E-state index in [0.29, 0.717) is 6.04 Å². The molecule has 2 unspecified atom stereocenters. The van der Waals surface area contributed by atoms with Gasteiger partial charge in [0.25, 0.3) is 0 Å². The van der Waals surface area contributed by atoms with E-state index in [9.17, 15) is 4.79 Å². The molecular formula is C18H26N2O. The lowest BCUT2D eigenvalue weighted by Gasteiger charge is -2.23. The molecule has 3 nitrogen and oxygen atoms in total. The number of amides is 1. The fourth-order valence-electron chi connectivity index (χ4n) is 4.02. The summed E-state index contributed by atoms with van der Waals surface area (Å²) < 4.78 is 0. The van der Waals surface area contributed by atoms with E-state index in [1.165, 1.54) is 5.56 Å². The zero-order valence-electron chi connectivity index (χ0n) is 13.7. The second kappa shape index (κ2) is 4.57. The largest absolute Gasteiger partial charge is 0.322 e. The van der Waals surface area contributed by atoms with Crippen molar-refractivity contribution in [2.75, 3.05) is 0 Å². The monoisotopic (exact) mass is 286 g/mol. The zero-order valence-corrected chi connectivity index (χ0v) is 13.7. The van der Waals surface area contributed by atoms with E-state index in [0.717, 1.165) is 6.42 Å². The van der Waals surface area contributed by atoms with Gasteiger partial charge in [-0.3, -0.25) is 10.1 Å². The molecule has 0 spiro atoms. The van der Waals surface area contributed by atoms with Gasteiger partial charge >= 0.3 is 0 Å². The second-order valence-electron chi connectivity index (χ2n) is 7.68. The van der Waals surface area contributed by atoms with Gasteiger partial charge in [0.05, 0.1) is 12.2 Å². The molecule has 1 saturated carbocycles. The molecule has 0 aromatic heterocycles. The van der Waals surface area contributed by atoms with Crippen LogP contribution in [0, 0.1) is 10.8 Å². The Morgan fingerprint density at radius 3 is 2.19 bits per heavy atom. The molecule has 2 aliphatic rings. The minimum atomic E-state index is -0.0883. The summed E-state index contributed by atoms with van der Waals surface area (Å²) in [7, 11) is 0. The van der Waals surface area contributed by atoms with Crippen LogP contribution in [0.4, 0.5) is 0 Å². The summed E-state index contributed by atoms with van der Waals surface area (Å²) in [6, 6.07) is 10.5. The highest BCUT2D eigenvalue weighted by Gasteiger charge is 2.69. The Kier molecular flexibility index (Phi) is 3.17. The number of hydrogen-bond acceptors (Lipinski definition) is 2. The van der Waals surface area contributed by atoms with E-state index in [4.69, 9.17) is 0 Å². The summed E-state index contributed by atoms with van der Waals surface area (Å²) in [6.45, 7) is 11.2. The molecule has 1 aromatic rings. The number of nitrogens with zero attached hydrogens (tertiary/aromatic N) is 1. The zero-order chi connectivity index (χ0) is 15.4. The van der Waals surface area contributed by atoms with Gasteiger partial charge in [-0.15, -0.1) is 0 Å². The van der Waals surface area contributed by atoms with Crippen LogP contribution < -0.4 is 5.32 Å². The molecule has 2 fully saturated rings. The fourth-order valence-corrected chi connectivity index (χ4v) is 4.02. The van der Waals surface area contributed by atoms with Crippen LogP contribution in [-0.2, 0) is 11.2 Å². The molecule has 1 amide bonds. The molecule has 21 heavy (non-hydrogen) atoms. The molecule has 1 N–H and O–H groups in total. The maximum absolute atomic E-state index is 12.8. The first-order valence-electron chi connectivity index (χ1n) is 7.89. The molecule has 3 heteroatoms. The Morgan fingerprint density at radius 2 is 1.67 bits per heavy atom. The third-order valence-corrected chi connectivity index (χ3v) is 5.92. The number of hydrogen-bond donors (Lipinski definition) is 1. The highest BCUT2D eigenvalue weighted by Crippen LogP contribution is 2.65. The van der Waals surface area contributed by atoms with Gasteiger partial charge in [0, 0.05) is 6.04 Å². The smallest absolute Gasteiger partial charge is 0.241 e. The van der Waals surface area contributed by atoms with E-state index in [-0.39, 0.29) is 28.9 Å². The molecule has 0 radical (unpaired) electrons. The fraction of sp³-hybridized carbons (Fsp3) is 0.611. The highest BCUT2D eigenvalue weighted by molar-refractivity contribution is 5.85. The van der Waals surface area contributed by atoms with Crippen LogP contribution in [0.1, 0.15) is 40.2 Å². The summed E-state index contributed by atoms with van der Waals surface area (Å²) in [4.78, 5) is 14.9. The number of carbonyl (C=O) groups is 1. The number of carbonyl (C=O) groups excluding carboxylic acids is 1. The van der Waals surface area contributed by atoms with Gasteiger partial charge in [-0.2, -0.15) is 0 Å². The first kappa shape index (κ1) is 14.6. The third kappa shape index (κ3) is 2.10. The Bertz CT molecular complexity index is 536.